The van der Waals surface area contributed by atoms with E-state index in [2.05, 4.69) is 0 Å². The quantitative estimate of drug-likeness (QED) is 0.445. The maximum atomic E-state index is 11.4. The van der Waals surface area contributed by atoms with Crippen molar-refractivity contribution in [1.82, 2.24) is 5.06 Å². The van der Waals surface area contributed by atoms with Gasteiger partial charge in [-0.1, -0.05) is 0 Å². The molecule has 1 saturated heterocycles. The predicted molar refractivity (Wildman–Crippen MR) is 57.2 cm³/mol. The third kappa shape index (κ3) is 2.16. The van der Waals surface area contributed by atoms with Gasteiger partial charge >= 0.3 is 0 Å². The molecule has 2 rings (SSSR count). The van der Waals surface area contributed by atoms with E-state index in [9.17, 15) is 20.1 Å². The highest BCUT2D eigenvalue weighted by Crippen LogP contribution is 2.30. The highest BCUT2D eigenvalue weighted by molar-refractivity contribution is 5.78. The van der Waals surface area contributed by atoms with Gasteiger partial charge in [-0.2, -0.15) is 0 Å². The number of carbonyl (C=O) groups excluding carboxylic acids is 1. The molecule has 1 atom stereocenters. The van der Waals surface area contributed by atoms with E-state index < -0.39 is 11.2 Å². The zero-order chi connectivity index (χ0) is 12.4. The number of hydrogen-bond donors (Lipinski definition) is 0. The van der Waals surface area contributed by atoms with E-state index in [1.165, 1.54) is 18.2 Å². The Morgan fingerprint density at radius 2 is 2.29 bits per heavy atom. The molecule has 90 valence electrons. The summed E-state index contributed by atoms with van der Waals surface area (Å²) < 4.78 is 5.16. The van der Waals surface area contributed by atoms with Crippen LogP contribution in [0.25, 0.3) is 0 Å². The summed E-state index contributed by atoms with van der Waals surface area (Å²) >= 11 is 0. The van der Waals surface area contributed by atoms with Crippen LogP contribution in [0, 0.1) is 15.3 Å². The molecular formula is C10H9N2O5-. The third-order valence-electron chi connectivity index (χ3n) is 2.52. The number of rotatable bonds is 3. The molecule has 0 amide bonds. The van der Waals surface area contributed by atoms with Crippen LogP contribution in [0.4, 0.5) is 5.69 Å². The average molecular weight is 237 g/mol. The van der Waals surface area contributed by atoms with Crippen molar-refractivity contribution in [1.29, 1.82) is 0 Å². The number of benzene rings is 1. The van der Waals surface area contributed by atoms with Crippen molar-refractivity contribution < 1.29 is 14.5 Å². The summed E-state index contributed by atoms with van der Waals surface area (Å²) in [4.78, 5) is 20.9. The number of nitro groups is 1. The molecule has 17 heavy (non-hydrogen) atoms. The molecule has 0 radical (unpaired) electrons. The maximum absolute atomic E-state index is 11.4. The number of carbonyl (C=O) groups is 1. The van der Waals surface area contributed by atoms with Gasteiger partial charge in [0.1, 0.15) is 12.5 Å². The molecule has 0 bridgehead atoms. The zero-order valence-electron chi connectivity index (χ0n) is 8.74. The number of aldehydes is 1. The van der Waals surface area contributed by atoms with E-state index in [1.807, 2.05) is 0 Å². The predicted octanol–water partition coefficient (Wildman–Crippen LogP) is 1.24. The fourth-order valence-corrected chi connectivity index (χ4v) is 1.70. The average Bonchev–Trinajstić information content (AvgIpc) is 2.74. The van der Waals surface area contributed by atoms with Crippen LogP contribution < -0.4 is 0 Å². The van der Waals surface area contributed by atoms with E-state index in [-0.39, 0.29) is 30.0 Å². The Kier molecular flexibility index (Phi) is 3.14. The Bertz CT molecular complexity index is 462. The Hall–Kier alpha value is -1.83. The lowest BCUT2D eigenvalue weighted by Crippen LogP contribution is -2.17. The Labute approximate surface area is 96.3 Å². The Balaban J connectivity index is 2.45. The molecule has 1 aromatic rings. The second-order valence-electron chi connectivity index (χ2n) is 3.55. The van der Waals surface area contributed by atoms with Crippen molar-refractivity contribution in [3.8, 4) is 0 Å². The fraction of sp³-hybridized carbons (Fsp3) is 0.300. The standard InChI is InChI=1S/C10H9N2O5/c13-6-7-1-2-8(12(15)16)5-9(7)10-11(14)3-4-17-10/h1-2,5-6,10H,3-4H2/q-1. The number of nitro benzene ring substituents is 1. The first-order valence-corrected chi connectivity index (χ1v) is 4.92. The fourth-order valence-electron chi connectivity index (χ4n) is 1.70. The van der Waals surface area contributed by atoms with Crippen molar-refractivity contribution in [3.63, 3.8) is 0 Å². The van der Waals surface area contributed by atoms with Crippen LogP contribution in [0.5, 0.6) is 0 Å². The highest BCUT2D eigenvalue weighted by atomic mass is 16.6. The van der Waals surface area contributed by atoms with Gasteiger partial charge in [0.2, 0.25) is 0 Å². The summed E-state index contributed by atoms with van der Waals surface area (Å²) in [6, 6.07) is 3.73. The first kappa shape index (κ1) is 11.6. The molecule has 0 spiro atoms. The minimum Gasteiger partial charge on any atom is -0.783 e. The molecule has 7 nitrogen and oxygen atoms in total. The van der Waals surface area contributed by atoms with Crippen LogP contribution in [0.15, 0.2) is 18.2 Å². The Morgan fingerprint density at radius 3 is 2.82 bits per heavy atom. The van der Waals surface area contributed by atoms with Gasteiger partial charge in [-0.25, -0.2) is 0 Å². The van der Waals surface area contributed by atoms with Gasteiger partial charge in [-0.05, 0) is 6.07 Å². The lowest BCUT2D eigenvalue weighted by molar-refractivity contribution is -0.385. The van der Waals surface area contributed by atoms with E-state index in [0.717, 1.165) is 0 Å². The highest BCUT2D eigenvalue weighted by Gasteiger charge is 2.24. The normalized spacial score (nSPS) is 20.4. The Morgan fingerprint density at radius 1 is 1.53 bits per heavy atom. The largest absolute Gasteiger partial charge is 0.783 e. The molecule has 1 aliphatic heterocycles. The van der Waals surface area contributed by atoms with Crippen molar-refractivity contribution in [2.45, 2.75) is 6.23 Å². The van der Waals surface area contributed by atoms with Crippen LogP contribution in [0.3, 0.4) is 0 Å². The molecule has 0 aliphatic carbocycles. The van der Waals surface area contributed by atoms with Crippen LogP contribution in [0.1, 0.15) is 22.1 Å². The number of ether oxygens (including phenoxy) is 1. The maximum Gasteiger partial charge on any atom is 0.269 e. The number of non-ortho nitro benzene ring substituents is 1. The summed E-state index contributed by atoms with van der Waals surface area (Å²) in [5.74, 6) is 0. The molecule has 0 saturated carbocycles. The lowest BCUT2D eigenvalue weighted by Gasteiger charge is -2.28. The first-order valence-electron chi connectivity index (χ1n) is 4.92. The van der Waals surface area contributed by atoms with Crippen molar-refractivity contribution in [3.05, 3.63) is 44.6 Å². The summed E-state index contributed by atoms with van der Waals surface area (Å²) in [7, 11) is 0. The number of hydrogen-bond acceptors (Lipinski definition) is 6. The third-order valence-corrected chi connectivity index (χ3v) is 2.52. The van der Waals surface area contributed by atoms with Crippen LogP contribution in [-0.4, -0.2) is 29.4 Å². The molecule has 1 fully saturated rings. The summed E-state index contributed by atoms with van der Waals surface area (Å²) in [6.45, 7) is 0.431. The number of nitrogens with zero attached hydrogens (tertiary/aromatic N) is 2. The minimum atomic E-state index is -0.935. The van der Waals surface area contributed by atoms with Gasteiger partial charge in [0.05, 0.1) is 11.5 Å². The zero-order valence-corrected chi connectivity index (χ0v) is 8.74. The lowest BCUT2D eigenvalue weighted by atomic mass is 10.1. The molecule has 1 aliphatic rings. The molecule has 1 heterocycles. The van der Waals surface area contributed by atoms with Gasteiger partial charge < -0.3 is 15.0 Å². The van der Waals surface area contributed by atoms with Gasteiger partial charge in [-0.3, -0.25) is 14.9 Å². The molecular weight excluding hydrogens is 228 g/mol. The number of hydroxylamine groups is 2. The van der Waals surface area contributed by atoms with Crippen LogP contribution in [0.2, 0.25) is 0 Å². The van der Waals surface area contributed by atoms with Crippen LogP contribution in [-0.2, 0) is 4.74 Å². The summed E-state index contributed by atoms with van der Waals surface area (Å²) in [5.41, 5.74) is 0.291. The van der Waals surface area contributed by atoms with E-state index >= 15 is 0 Å². The van der Waals surface area contributed by atoms with Crippen molar-refractivity contribution >= 4 is 12.0 Å². The van der Waals surface area contributed by atoms with Gasteiger partial charge in [-0.15, -0.1) is 0 Å². The summed E-state index contributed by atoms with van der Waals surface area (Å²) in [6.07, 6.45) is -0.385. The van der Waals surface area contributed by atoms with Crippen molar-refractivity contribution in [2.75, 3.05) is 13.2 Å². The van der Waals surface area contributed by atoms with Gasteiger partial charge in [0.15, 0.2) is 0 Å². The van der Waals surface area contributed by atoms with E-state index in [0.29, 0.717) is 11.3 Å². The topological polar surface area (TPSA) is 95.7 Å². The second-order valence-corrected chi connectivity index (χ2v) is 3.55. The molecule has 7 heteroatoms. The monoisotopic (exact) mass is 237 g/mol. The molecule has 1 unspecified atom stereocenters. The molecule has 0 N–H and O–H groups in total. The first-order chi connectivity index (χ1) is 8.13. The van der Waals surface area contributed by atoms with Crippen molar-refractivity contribution in [2.24, 2.45) is 0 Å². The van der Waals surface area contributed by atoms with E-state index in [4.69, 9.17) is 4.74 Å². The van der Waals surface area contributed by atoms with Gasteiger partial charge in [0, 0.05) is 29.8 Å². The van der Waals surface area contributed by atoms with Crippen LogP contribution >= 0.6 is 0 Å². The minimum absolute atomic E-state index is 0.172. The summed E-state index contributed by atoms with van der Waals surface area (Å²) in [5, 5.41) is 22.7. The SMILES string of the molecule is O=Cc1ccc([N+](=O)[O-])cc1C1OCCN1[O-]. The molecule has 1 aromatic carbocycles. The van der Waals surface area contributed by atoms with E-state index in [1.54, 1.807) is 0 Å². The molecule has 0 aromatic heterocycles. The second kappa shape index (κ2) is 4.58. The smallest absolute Gasteiger partial charge is 0.269 e. The van der Waals surface area contributed by atoms with Gasteiger partial charge in [0.25, 0.3) is 5.69 Å².